The van der Waals surface area contributed by atoms with Crippen LogP contribution in [0.2, 0.25) is 0 Å². The van der Waals surface area contributed by atoms with Gasteiger partial charge in [0.2, 0.25) is 0 Å². The number of rotatable bonds is 8. The summed E-state index contributed by atoms with van der Waals surface area (Å²) in [6, 6.07) is 0.396. The highest BCUT2D eigenvalue weighted by atomic mass is 32.2. The number of carboxylic acid groups (broad SMARTS) is 1. The van der Waals surface area contributed by atoms with Crippen LogP contribution in [0.5, 0.6) is 0 Å². The zero-order chi connectivity index (χ0) is 13.9. The molecule has 1 aromatic rings. The van der Waals surface area contributed by atoms with Gasteiger partial charge in [0.15, 0.2) is 5.16 Å². The second-order valence-corrected chi connectivity index (χ2v) is 6.29. The number of aliphatic carboxylic acids is 1. The highest BCUT2D eigenvalue weighted by molar-refractivity contribution is 7.99. The Hall–Kier alpha value is -1.08. The van der Waals surface area contributed by atoms with Gasteiger partial charge in [-0.3, -0.25) is 10.1 Å². The summed E-state index contributed by atoms with van der Waals surface area (Å²) in [5.41, 5.74) is -0.804. The van der Waals surface area contributed by atoms with Crippen molar-refractivity contribution in [3.8, 4) is 0 Å². The van der Waals surface area contributed by atoms with Crippen molar-refractivity contribution in [3.63, 3.8) is 0 Å². The minimum absolute atomic E-state index is 0.396. The smallest absolute Gasteiger partial charge is 0.323 e. The van der Waals surface area contributed by atoms with Gasteiger partial charge in [-0.05, 0) is 32.6 Å². The molecule has 6 nitrogen and oxygen atoms in total. The average molecular weight is 284 g/mol. The molecule has 1 atom stereocenters. The monoisotopic (exact) mass is 284 g/mol. The quantitative estimate of drug-likeness (QED) is 0.553. The molecule has 1 unspecified atom stereocenters. The maximum Gasteiger partial charge on any atom is 0.323 e. The van der Waals surface area contributed by atoms with Gasteiger partial charge in [-0.2, -0.15) is 0 Å². The fourth-order valence-electron chi connectivity index (χ4n) is 1.91. The molecule has 0 aliphatic heterocycles. The molecule has 0 radical (unpaired) electrons. The Morgan fingerprint density at radius 3 is 2.95 bits per heavy atom. The Labute approximate surface area is 117 Å². The van der Waals surface area contributed by atoms with Crippen molar-refractivity contribution >= 4 is 17.7 Å². The van der Waals surface area contributed by atoms with E-state index in [1.807, 2.05) is 11.6 Å². The summed E-state index contributed by atoms with van der Waals surface area (Å²) >= 11 is 1.61. The first-order chi connectivity index (χ1) is 9.01. The highest BCUT2D eigenvalue weighted by Crippen LogP contribution is 2.26. The molecular weight excluding hydrogens is 264 g/mol. The van der Waals surface area contributed by atoms with Gasteiger partial charge in [-0.1, -0.05) is 11.8 Å². The summed E-state index contributed by atoms with van der Waals surface area (Å²) in [4.78, 5) is 11.4. The summed E-state index contributed by atoms with van der Waals surface area (Å²) in [5.74, 6) is 0.0879. The van der Waals surface area contributed by atoms with Gasteiger partial charge in [-0.15, -0.1) is 10.2 Å². The lowest BCUT2D eigenvalue weighted by atomic mass is 9.96. The SMILES string of the molecule is Cn1cnnc1SCCCC(C)(NC1CC1)C(=O)O. The molecule has 1 aliphatic rings. The predicted octanol–water partition coefficient (Wildman–Crippen LogP) is 1.28. The van der Waals surface area contributed by atoms with Gasteiger partial charge in [0.1, 0.15) is 11.9 Å². The lowest BCUT2D eigenvalue weighted by Crippen LogP contribution is -2.50. The van der Waals surface area contributed by atoms with E-state index < -0.39 is 11.5 Å². The summed E-state index contributed by atoms with van der Waals surface area (Å²) in [6.45, 7) is 1.78. The zero-order valence-corrected chi connectivity index (χ0v) is 12.1. The van der Waals surface area contributed by atoms with Gasteiger partial charge in [0.25, 0.3) is 0 Å². The lowest BCUT2D eigenvalue weighted by molar-refractivity contribution is -0.144. The Balaban J connectivity index is 1.76. The molecule has 1 fully saturated rings. The Bertz CT molecular complexity index is 447. The van der Waals surface area contributed by atoms with Crippen molar-refractivity contribution in [3.05, 3.63) is 6.33 Å². The molecule has 0 amide bonds. The molecule has 2 N–H and O–H groups in total. The van der Waals surface area contributed by atoms with Crippen LogP contribution in [0.3, 0.4) is 0 Å². The van der Waals surface area contributed by atoms with E-state index in [9.17, 15) is 9.90 Å². The number of carbonyl (C=O) groups is 1. The number of hydrogen-bond acceptors (Lipinski definition) is 5. The van der Waals surface area contributed by atoms with Crippen LogP contribution in [0.25, 0.3) is 0 Å². The van der Waals surface area contributed by atoms with Crippen molar-refractivity contribution < 1.29 is 9.90 Å². The summed E-state index contributed by atoms with van der Waals surface area (Å²) < 4.78 is 1.86. The number of carboxylic acids is 1. The van der Waals surface area contributed by atoms with Crippen LogP contribution in [0.4, 0.5) is 0 Å². The molecular formula is C12H20N4O2S. The minimum Gasteiger partial charge on any atom is -0.480 e. The molecule has 1 aromatic heterocycles. The standard InChI is InChI=1S/C12H20N4O2S/c1-12(10(17)18,14-9-4-5-9)6-3-7-19-11-15-13-8-16(11)2/h8-9,14H,3-7H2,1-2H3,(H,17,18). The Kier molecular flexibility index (Phi) is 4.46. The second-order valence-electron chi connectivity index (χ2n) is 5.23. The van der Waals surface area contributed by atoms with Crippen LogP contribution < -0.4 is 5.32 Å². The van der Waals surface area contributed by atoms with Crippen LogP contribution in [0.15, 0.2) is 11.5 Å². The van der Waals surface area contributed by atoms with E-state index in [2.05, 4.69) is 15.5 Å². The van der Waals surface area contributed by atoms with Crippen molar-refractivity contribution in [1.82, 2.24) is 20.1 Å². The molecule has 2 rings (SSSR count). The van der Waals surface area contributed by atoms with Crippen LogP contribution >= 0.6 is 11.8 Å². The topological polar surface area (TPSA) is 80.0 Å². The molecule has 7 heteroatoms. The highest BCUT2D eigenvalue weighted by Gasteiger charge is 2.37. The second kappa shape index (κ2) is 5.92. The third-order valence-corrected chi connectivity index (χ3v) is 4.41. The number of aryl methyl sites for hydroxylation is 1. The Morgan fingerprint density at radius 2 is 2.42 bits per heavy atom. The van der Waals surface area contributed by atoms with Crippen molar-refractivity contribution in [2.75, 3.05) is 5.75 Å². The molecule has 1 aliphatic carbocycles. The van der Waals surface area contributed by atoms with E-state index in [0.717, 1.165) is 30.2 Å². The van der Waals surface area contributed by atoms with E-state index in [4.69, 9.17) is 0 Å². The van der Waals surface area contributed by atoms with Crippen LogP contribution in [0.1, 0.15) is 32.6 Å². The fourth-order valence-corrected chi connectivity index (χ4v) is 2.74. The van der Waals surface area contributed by atoms with Crippen molar-refractivity contribution in [2.45, 2.75) is 49.3 Å². The largest absolute Gasteiger partial charge is 0.480 e. The van der Waals surface area contributed by atoms with Gasteiger partial charge in [-0.25, -0.2) is 0 Å². The maximum absolute atomic E-state index is 11.4. The van der Waals surface area contributed by atoms with Crippen molar-refractivity contribution in [1.29, 1.82) is 0 Å². The van der Waals surface area contributed by atoms with E-state index >= 15 is 0 Å². The first-order valence-electron chi connectivity index (χ1n) is 6.49. The van der Waals surface area contributed by atoms with E-state index in [1.54, 1.807) is 25.0 Å². The third kappa shape index (κ3) is 3.94. The van der Waals surface area contributed by atoms with Crippen LogP contribution in [-0.2, 0) is 11.8 Å². The number of thioether (sulfide) groups is 1. The number of nitrogens with one attached hydrogen (secondary N) is 1. The lowest BCUT2D eigenvalue weighted by Gasteiger charge is -2.26. The van der Waals surface area contributed by atoms with E-state index in [0.29, 0.717) is 12.5 Å². The molecule has 0 aromatic carbocycles. The minimum atomic E-state index is -0.804. The van der Waals surface area contributed by atoms with Gasteiger partial charge < -0.3 is 9.67 Å². The molecule has 106 valence electrons. The molecule has 1 saturated carbocycles. The third-order valence-electron chi connectivity index (χ3n) is 3.29. The van der Waals surface area contributed by atoms with Crippen LogP contribution in [-0.4, -0.2) is 43.2 Å². The normalized spacial score (nSPS) is 18.2. The number of hydrogen-bond donors (Lipinski definition) is 2. The number of aromatic nitrogens is 3. The molecule has 0 bridgehead atoms. The summed E-state index contributed by atoms with van der Waals surface area (Å²) in [6.07, 6.45) is 5.31. The van der Waals surface area contributed by atoms with Gasteiger partial charge in [0, 0.05) is 18.8 Å². The summed E-state index contributed by atoms with van der Waals surface area (Å²) in [5, 5.41) is 21.2. The Morgan fingerprint density at radius 1 is 1.68 bits per heavy atom. The number of nitrogens with zero attached hydrogens (tertiary/aromatic N) is 3. The van der Waals surface area contributed by atoms with Crippen LogP contribution in [0, 0.1) is 0 Å². The van der Waals surface area contributed by atoms with Crippen molar-refractivity contribution in [2.24, 2.45) is 7.05 Å². The molecule has 0 spiro atoms. The molecule has 1 heterocycles. The van der Waals surface area contributed by atoms with Gasteiger partial charge in [0.05, 0.1) is 0 Å². The van der Waals surface area contributed by atoms with E-state index in [1.165, 1.54) is 0 Å². The average Bonchev–Trinajstić information content (AvgIpc) is 3.06. The fraction of sp³-hybridized carbons (Fsp3) is 0.750. The molecule has 19 heavy (non-hydrogen) atoms. The van der Waals surface area contributed by atoms with Gasteiger partial charge >= 0.3 is 5.97 Å². The van der Waals surface area contributed by atoms with E-state index in [-0.39, 0.29) is 0 Å². The zero-order valence-electron chi connectivity index (χ0n) is 11.3. The maximum atomic E-state index is 11.4. The summed E-state index contributed by atoms with van der Waals surface area (Å²) in [7, 11) is 1.90. The first kappa shape index (κ1) is 14.3. The molecule has 0 saturated heterocycles. The first-order valence-corrected chi connectivity index (χ1v) is 7.48. The predicted molar refractivity (Wildman–Crippen MR) is 73.2 cm³/mol.